The lowest BCUT2D eigenvalue weighted by Gasteiger charge is -2.09. The fraction of sp³-hybridized carbons (Fsp3) is 0.133. The van der Waals surface area contributed by atoms with Crippen molar-refractivity contribution in [1.82, 2.24) is 0 Å². The van der Waals surface area contributed by atoms with Gasteiger partial charge in [-0.25, -0.2) is 4.39 Å². The van der Waals surface area contributed by atoms with E-state index in [4.69, 9.17) is 4.74 Å². The Kier molecular flexibility index (Phi) is 4.68. The van der Waals surface area contributed by atoms with Crippen molar-refractivity contribution in [1.29, 1.82) is 0 Å². The number of carbonyl (C=O) groups excluding carboxylic acids is 1. The molecule has 0 saturated heterocycles. The highest BCUT2D eigenvalue weighted by Crippen LogP contribution is 2.26. The van der Waals surface area contributed by atoms with E-state index in [0.29, 0.717) is 24.2 Å². The molecule has 0 N–H and O–H groups in total. The minimum Gasteiger partial charge on any atom is -0.489 e. The Morgan fingerprint density at radius 1 is 1.21 bits per heavy atom. The minimum absolute atomic E-state index is 0.307. The second kappa shape index (κ2) is 6.48. The number of halogens is 2. The van der Waals surface area contributed by atoms with Crippen molar-refractivity contribution in [2.75, 3.05) is 0 Å². The number of carbonyl (C=O) groups is 1. The number of ether oxygens (including phenoxy) is 1. The molecule has 0 aliphatic heterocycles. The molecule has 0 radical (unpaired) electrons. The first-order valence-electron chi connectivity index (χ1n) is 5.76. The summed E-state index contributed by atoms with van der Waals surface area (Å²) in [6, 6.07) is 14.1. The molecule has 0 aromatic heterocycles. The smallest absolute Gasteiger partial charge is 0.138 e. The molecule has 0 spiro atoms. The topological polar surface area (TPSA) is 26.3 Å². The zero-order valence-corrected chi connectivity index (χ0v) is 11.6. The molecule has 19 heavy (non-hydrogen) atoms. The molecule has 0 bridgehead atoms. The normalized spacial score (nSPS) is 11.9. The predicted octanol–water partition coefficient (Wildman–Crippen LogP) is 4.04. The lowest BCUT2D eigenvalue weighted by Crippen LogP contribution is -1.99. The van der Waals surface area contributed by atoms with Crippen LogP contribution < -0.4 is 4.74 Å². The molecule has 1 atom stereocenters. The molecule has 0 heterocycles. The van der Waals surface area contributed by atoms with E-state index in [1.165, 1.54) is 6.07 Å². The predicted molar refractivity (Wildman–Crippen MR) is 74.9 cm³/mol. The SMILES string of the molecule is O=CC(Br)c1ccc(OCc2ccccc2)cc1F. The number of hydrogen-bond acceptors (Lipinski definition) is 2. The Hall–Kier alpha value is -1.68. The summed E-state index contributed by atoms with van der Waals surface area (Å²) in [7, 11) is 0. The van der Waals surface area contributed by atoms with Gasteiger partial charge in [0.05, 0.1) is 4.83 Å². The summed E-state index contributed by atoms with van der Waals surface area (Å²) in [5.41, 5.74) is 1.32. The third-order valence-electron chi connectivity index (χ3n) is 2.64. The van der Waals surface area contributed by atoms with Gasteiger partial charge in [-0.2, -0.15) is 0 Å². The third kappa shape index (κ3) is 3.64. The van der Waals surface area contributed by atoms with Crippen LogP contribution in [0.25, 0.3) is 0 Å². The third-order valence-corrected chi connectivity index (χ3v) is 3.35. The van der Waals surface area contributed by atoms with Crippen LogP contribution in [0.5, 0.6) is 5.75 Å². The Morgan fingerprint density at radius 2 is 1.95 bits per heavy atom. The van der Waals surface area contributed by atoms with Crippen molar-refractivity contribution < 1.29 is 13.9 Å². The van der Waals surface area contributed by atoms with E-state index in [-0.39, 0.29) is 0 Å². The Labute approximate surface area is 119 Å². The van der Waals surface area contributed by atoms with Gasteiger partial charge in [0, 0.05) is 11.6 Å². The molecule has 98 valence electrons. The van der Waals surface area contributed by atoms with E-state index in [0.717, 1.165) is 5.56 Å². The number of benzene rings is 2. The summed E-state index contributed by atoms with van der Waals surface area (Å²) in [5.74, 6) is -0.0183. The molecule has 0 fully saturated rings. The monoisotopic (exact) mass is 322 g/mol. The van der Waals surface area contributed by atoms with Gasteiger partial charge in [-0.05, 0) is 11.6 Å². The van der Waals surface area contributed by atoms with Crippen LogP contribution in [0.3, 0.4) is 0 Å². The maximum atomic E-state index is 13.7. The molecule has 2 aromatic carbocycles. The zero-order valence-electron chi connectivity index (χ0n) is 10.1. The van der Waals surface area contributed by atoms with Crippen LogP contribution in [0.4, 0.5) is 4.39 Å². The average molecular weight is 323 g/mol. The molecular formula is C15H12BrFO2. The van der Waals surface area contributed by atoms with E-state index in [9.17, 15) is 9.18 Å². The van der Waals surface area contributed by atoms with Gasteiger partial charge in [-0.3, -0.25) is 0 Å². The van der Waals surface area contributed by atoms with Gasteiger partial charge in [0.1, 0.15) is 24.5 Å². The highest BCUT2D eigenvalue weighted by molar-refractivity contribution is 9.09. The minimum atomic E-state index is -0.629. The molecule has 0 amide bonds. The lowest BCUT2D eigenvalue weighted by atomic mass is 10.1. The van der Waals surface area contributed by atoms with E-state index in [1.54, 1.807) is 12.1 Å². The van der Waals surface area contributed by atoms with Gasteiger partial charge in [-0.1, -0.05) is 52.3 Å². The summed E-state index contributed by atoms with van der Waals surface area (Å²) >= 11 is 3.09. The summed E-state index contributed by atoms with van der Waals surface area (Å²) in [4.78, 5) is 9.98. The molecule has 0 aliphatic carbocycles. The lowest BCUT2D eigenvalue weighted by molar-refractivity contribution is -0.107. The van der Waals surface area contributed by atoms with Crippen LogP contribution in [0.1, 0.15) is 16.0 Å². The highest BCUT2D eigenvalue weighted by Gasteiger charge is 2.12. The Bertz CT molecular complexity index is 557. The van der Waals surface area contributed by atoms with Crippen molar-refractivity contribution in [2.45, 2.75) is 11.4 Å². The molecular weight excluding hydrogens is 311 g/mol. The van der Waals surface area contributed by atoms with Crippen LogP contribution in [0.2, 0.25) is 0 Å². The zero-order chi connectivity index (χ0) is 13.7. The quantitative estimate of drug-likeness (QED) is 0.613. The van der Waals surface area contributed by atoms with Crippen LogP contribution in [0, 0.1) is 5.82 Å². The summed E-state index contributed by atoms with van der Waals surface area (Å²) < 4.78 is 19.2. The van der Waals surface area contributed by atoms with Crippen LogP contribution in [-0.4, -0.2) is 6.29 Å². The number of aldehydes is 1. The van der Waals surface area contributed by atoms with E-state index < -0.39 is 10.6 Å². The molecule has 0 aliphatic rings. The highest BCUT2D eigenvalue weighted by atomic mass is 79.9. The first-order chi connectivity index (χ1) is 9.20. The number of alkyl halides is 1. The molecule has 2 rings (SSSR count). The van der Waals surface area contributed by atoms with Gasteiger partial charge >= 0.3 is 0 Å². The van der Waals surface area contributed by atoms with Gasteiger partial charge in [-0.15, -0.1) is 0 Å². The Balaban J connectivity index is 2.06. The molecule has 1 unspecified atom stereocenters. The van der Waals surface area contributed by atoms with Gasteiger partial charge in [0.25, 0.3) is 0 Å². The van der Waals surface area contributed by atoms with E-state index >= 15 is 0 Å². The standard InChI is InChI=1S/C15H12BrFO2/c16-14(9-18)13-7-6-12(8-15(13)17)19-10-11-4-2-1-3-5-11/h1-9,14H,10H2. The Morgan fingerprint density at radius 3 is 2.58 bits per heavy atom. The summed E-state index contributed by atoms with van der Waals surface area (Å²) in [5, 5.41) is 0. The molecule has 2 aromatic rings. The van der Waals surface area contributed by atoms with Crippen LogP contribution >= 0.6 is 15.9 Å². The largest absolute Gasteiger partial charge is 0.489 e. The fourth-order valence-electron chi connectivity index (χ4n) is 1.64. The number of rotatable bonds is 5. The second-order valence-electron chi connectivity index (χ2n) is 4.00. The maximum Gasteiger partial charge on any atom is 0.138 e. The molecule has 2 nitrogen and oxygen atoms in total. The molecule has 4 heteroatoms. The summed E-state index contributed by atoms with van der Waals surface area (Å²) in [6.45, 7) is 0.380. The van der Waals surface area contributed by atoms with Crippen molar-refractivity contribution in [3.8, 4) is 5.75 Å². The second-order valence-corrected chi connectivity index (χ2v) is 4.98. The first-order valence-corrected chi connectivity index (χ1v) is 6.68. The summed E-state index contributed by atoms with van der Waals surface area (Å²) in [6.07, 6.45) is 0.642. The fourth-order valence-corrected chi connectivity index (χ4v) is 2.01. The van der Waals surface area contributed by atoms with E-state index in [1.807, 2.05) is 30.3 Å². The molecule has 0 saturated carbocycles. The average Bonchev–Trinajstić information content (AvgIpc) is 2.45. The van der Waals surface area contributed by atoms with Gasteiger partial charge < -0.3 is 9.53 Å². The van der Waals surface area contributed by atoms with Crippen LogP contribution in [0.15, 0.2) is 48.5 Å². The maximum absolute atomic E-state index is 13.7. The van der Waals surface area contributed by atoms with Gasteiger partial charge in [0.15, 0.2) is 0 Å². The van der Waals surface area contributed by atoms with Crippen LogP contribution in [-0.2, 0) is 11.4 Å². The number of hydrogen-bond donors (Lipinski definition) is 0. The van der Waals surface area contributed by atoms with Crippen molar-refractivity contribution in [3.05, 3.63) is 65.5 Å². The van der Waals surface area contributed by atoms with Crippen molar-refractivity contribution >= 4 is 22.2 Å². The first kappa shape index (κ1) is 13.7. The van der Waals surface area contributed by atoms with Crippen molar-refractivity contribution in [3.63, 3.8) is 0 Å². The van der Waals surface area contributed by atoms with E-state index in [2.05, 4.69) is 15.9 Å². The van der Waals surface area contributed by atoms with Gasteiger partial charge in [0.2, 0.25) is 0 Å². The van der Waals surface area contributed by atoms with Crippen molar-refractivity contribution in [2.24, 2.45) is 0 Å².